The highest BCUT2D eigenvalue weighted by Gasteiger charge is 1.96. The van der Waals surface area contributed by atoms with Gasteiger partial charge in [0, 0.05) is 11.4 Å². The van der Waals surface area contributed by atoms with Crippen LogP contribution >= 0.6 is 0 Å². The number of aromatic nitrogens is 1. The molecule has 0 spiro atoms. The van der Waals surface area contributed by atoms with Crippen molar-refractivity contribution >= 4 is 11.8 Å². The zero-order chi connectivity index (χ0) is 11.0. The molecule has 76 valence electrons. The van der Waals surface area contributed by atoms with Crippen molar-refractivity contribution < 1.29 is 14.7 Å². The Morgan fingerprint density at radius 2 is 1.93 bits per heavy atom. The van der Waals surface area contributed by atoms with Crippen LogP contribution in [0.2, 0.25) is 0 Å². The van der Waals surface area contributed by atoms with E-state index in [1.807, 2.05) is 13.0 Å². The molecule has 0 fully saturated rings. The molecule has 0 radical (unpaired) electrons. The summed E-state index contributed by atoms with van der Waals surface area (Å²) in [6.07, 6.45) is 1.10. The maximum Gasteiger partial charge on any atom is 0.373 e. The molecule has 0 aliphatic carbocycles. The van der Waals surface area contributed by atoms with Crippen LogP contribution < -0.4 is 5.73 Å². The van der Waals surface area contributed by atoms with Gasteiger partial charge in [-0.05, 0) is 18.6 Å². The van der Waals surface area contributed by atoms with Crippen molar-refractivity contribution in [3.8, 4) is 0 Å². The van der Waals surface area contributed by atoms with Crippen molar-refractivity contribution in [2.75, 3.05) is 5.73 Å². The highest BCUT2D eigenvalue weighted by atomic mass is 16.3. The van der Waals surface area contributed by atoms with E-state index in [9.17, 15) is 0 Å². The van der Waals surface area contributed by atoms with Crippen molar-refractivity contribution in [1.82, 2.24) is 4.98 Å². The van der Waals surface area contributed by atoms with Gasteiger partial charge in [0.05, 0.1) is 12.3 Å². The Bertz CT molecular complexity index is 298. The fourth-order valence-corrected chi connectivity index (χ4v) is 0.938. The van der Waals surface area contributed by atoms with Gasteiger partial charge >= 0.3 is 6.15 Å². The summed E-state index contributed by atoms with van der Waals surface area (Å²) >= 11 is 0. The quantitative estimate of drug-likeness (QED) is 0.701. The Morgan fingerprint density at radius 3 is 2.36 bits per heavy atom. The van der Waals surface area contributed by atoms with Crippen molar-refractivity contribution in [3.05, 3.63) is 23.5 Å². The number of aliphatic hydroxyl groups excluding tert-OH is 1. The van der Waals surface area contributed by atoms with Crippen LogP contribution in [0.5, 0.6) is 0 Å². The van der Waals surface area contributed by atoms with Gasteiger partial charge in [-0.2, -0.15) is 9.59 Å². The minimum absolute atomic E-state index is 0.0436. The van der Waals surface area contributed by atoms with Crippen molar-refractivity contribution in [2.24, 2.45) is 0 Å². The lowest BCUT2D eigenvalue weighted by atomic mass is 10.2. The van der Waals surface area contributed by atoms with Gasteiger partial charge in [-0.15, -0.1) is 0 Å². The van der Waals surface area contributed by atoms with Crippen LogP contribution in [0.1, 0.15) is 18.3 Å². The number of rotatable bonds is 2. The first-order chi connectivity index (χ1) is 6.67. The van der Waals surface area contributed by atoms with Gasteiger partial charge in [0.1, 0.15) is 0 Å². The molecule has 3 N–H and O–H groups in total. The summed E-state index contributed by atoms with van der Waals surface area (Å²) in [6.45, 7) is 1.96. The second-order valence-corrected chi connectivity index (χ2v) is 2.48. The summed E-state index contributed by atoms with van der Waals surface area (Å²) in [5.41, 5.74) is 7.79. The first-order valence-corrected chi connectivity index (χ1v) is 4.03. The van der Waals surface area contributed by atoms with E-state index in [-0.39, 0.29) is 12.8 Å². The molecule has 1 heterocycles. The van der Waals surface area contributed by atoms with Crippen LogP contribution in [0.25, 0.3) is 0 Å². The zero-order valence-corrected chi connectivity index (χ0v) is 7.86. The lowest BCUT2D eigenvalue weighted by Crippen LogP contribution is -1.97. The summed E-state index contributed by atoms with van der Waals surface area (Å²) in [6, 6.07) is 3.50. The molecule has 0 bridgehead atoms. The Balaban J connectivity index is 0.000000500. The van der Waals surface area contributed by atoms with Gasteiger partial charge in [-0.1, -0.05) is 6.92 Å². The summed E-state index contributed by atoms with van der Waals surface area (Å²) < 4.78 is 0. The third kappa shape index (κ3) is 4.35. The number of nitrogens with zero attached hydrogens (tertiary/aromatic N) is 1. The van der Waals surface area contributed by atoms with Gasteiger partial charge < -0.3 is 10.8 Å². The number of hydrogen-bond donors (Lipinski definition) is 2. The van der Waals surface area contributed by atoms with Crippen LogP contribution in [0, 0.1) is 0 Å². The normalized spacial score (nSPS) is 8.43. The number of carbonyl (C=O) groups excluding carboxylic acids is 2. The minimum Gasteiger partial charge on any atom is -0.399 e. The minimum atomic E-state index is -0.0436. The fourth-order valence-electron chi connectivity index (χ4n) is 0.938. The lowest BCUT2D eigenvalue weighted by Gasteiger charge is -2.01. The number of hydrogen-bond acceptors (Lipinski definition) is 5. The van der Waals surface area contributed by atoms with Crippen LogP contribution in [0.3, 0.4) is 0 Å². The molecule has 0 unspecified atom stereocenters. The SMILES string of the molecule is CCc1cc(N)cc(CO)n1.O=C=O. The number of nitrogens with two attached hydrogens (primary N) is 1. The number of aliphatic hydroxyl groups is 1. The molecule has 0 saturated heterocycles. The van der Waals surface area contributed by atoms with E-state index in [1.165, 1.54) is 0 Å². The van der Waals surface area contributed by atoms with Crippen LogP contribution in [0.15, 0.2) is 12.1 Å². The van der Waals surface area contributed by atoms with E-state index < -0.39 is 0 Å². The maximum absolute atomic E-state index is 8.76. The van der Waals surface area contributed by atoms with E-state index in [0.29, 0.717) is 11.4 Å². The molecule has 14 heavy (non-hydrogen) atoms. The lowest BCUT2D eigenvalue weighted by molar-refractivity contribution is -0.191. The summed E-state index contributed by atoms with van der Waals surface area (Å²) in [5, 5.41) is 8.76. The second kappa shape index (κ2) is 6.77. The third-order valence-corrected chi connectivity index (χ3v) is 1.48. The number of aryl methyl sites for hydroxylation is 1. The third-order valence-electron chi connectivity index (χ3n) is 1.48. The average molecular weight is 196 g/mol. The maximum atomic E-state index is 8.76. The van der Waals surface area contributed by atoms with Crippen molar-refractivity contribution in [3.63, 3.8) is 0 Å². The molecular formula is C9H12N2O3. The van der Waals surface area contributed by atoms with Crippen LogP contribution in [0.4, 0.5) is 5.69 Å². The van der Waals surface area contributed by atoms with Gasteiger partial charge in [-0.3, -0.25) is 4.98 Å². The molecule has 0 aliphatic rings. The van der Waals surface area contributed by atoms with E-state index in [0.717, 1.165) is 12.1 Å². The molecule has 1 aromatic rings. The summed E-state index contributed by atoms with van der Waals surface area (Å²) in [7, 11) is 0. The molecule has 0 amide bonds. The first-order valence-electron chi connectivity index (χ1n) is 4.03. The number of nitrogen functional groups attached to an aromatic ring is 1. The number of anilines is 1. The van der Waals surface area contributed by atoms with Crippen LogP contribution in [-0.2, 0) is 22.6 Å². The molecular weight excluding hydrogens is 184 g/mol. The molecule has 1 aromatic heterocycles. The highest BCUT2D eigenvalue weighted by molar-refractivity contribution is 5.40. The number of pyridine rings is 1. The molecule has 0 atom stereocenters. The van der Waals surface area contributed by atoms with Crippen molar-refractivity contribution in [2.45, 2.75) is 20.0 Å². The Morgan fingerprint density at radius 1 is 1.43 bits per heavy atom. The highest BCUT2D eigenvalue weighted by Crippen LogP contribution is 2.07. The zero-order valence-electron chi connectivity index (χ0n) is 7.86. The smallest absolute Gasteiger partial charge is 0.373 e. The van der Waals surface area contributed by atoms with Gasteiger partial charge in [0.15, 0.2) is 0 Å². The predicted octanol–water partition coefficient (Wildman–Crippen LogP) is 0.135. The average Bonchev–Trinajstić information content (AvgIpc) is 2.18. The van der Waals surface area contributed by atoms with E-state index in [1.54, 1.807) is 6.07 Å². The Kier molecular flexibility index (Phi) is 5.94. The molecule has 5 heteroatoms. The largest absolute Gasteiger partial charge is 0.399 e. The molecule has 1 rings (SSSR count). The molecule has 5 nitrogen and oxygen atoms in total. The monoisotopic (exact) mass is 196 g/mol. The molecule has 0 aromatic carbocycles. The van der Waals surface area contributed by atoms with Crippen molar-refractivity contribution in [1.29, 1.82) is 0 Å². The van der Waals surface area contributed by atoms with Gasteiger partial charge in [0.2, 0.25) is 0 Å². The standard InChI is InChI=1S/C8H12N2O.CO2/c1-2-7-3-6(9)4-8(5-11)10-7;2-1-3/h3-4,11H,2,5H2,1H3,(H2,9,10);. The Hall–Kier alpha value is -1.71. The van der Waals surface area contributed by atoms with Crippen LogP contribution in [-0.4, -0.2) is 16.2 Å². The van der Waals surface area contributed by atoms with Gasteiger partial charge in [-0.25, -0.2) is 0 Å². The first kappa shape index (κ1) is 12.3. The Labute approximate surface area is 81.6 Å². The summed E-state index contributed by atoms with van der Waals surface area (Å²) in [4.78, 5) is 20.4. The van der Waals surface area contributed by atoms with E-state index in [4.69, 9.17) is 20.4 Å². The molecule has 0 aliphatic heterocycles. The second-order valence-electron chi connectivity index (χ2n) is 2.48. The van der Waals surface area contributed by atoms with E-state index >= 15 is 0 Å². The topological polar surface area (TPSA) is 93.3 Å². The summed E-state index contributed by atoms with van der Waals surface area (Å²) in [5.74, 6) is 0. The van der Waals surface area contributed by atoms with Gasteiger partial charge in [0.25, 0.3) is 0 Å². The fraction of sp³-hybridized carbons (Fsp3) is 0.333. The van der Waals surface area contributed by atoms with E-state index in [2.05, 4.69) is 4.98 Å². The molecule has 0 saturated carbocycles. The predicted molar refractivity (Wildman–Crippen MR) is 49.0 cm³/mol.